The van der Waals surface area contributed by atoms with Crippen LogP contribution in [0.1, 0.15) is 36.3 Å². The van der Waals surface area contributed by atoms with E-state index in [2.05, 4.69) is 0 Å². The molecule has 0 aromatic heterocycles. The van der Waals surface area contributed by atoms with E-state index < -0.39 is 0 Å². The van der Waals surface area contributed by atoms with E-state index >= 15 is 0 Å². The van der Waals surface area contributed by atoms with Gasteiger partial charge in [-0.05, 0) is 23.6 Å². The van der Waals surface area contributed by atoms with Gasteiger partial charge in [0.15, 0.2) is 0 Å². The highest BCUT2D eigenvalue weighted by molar-refractivity contribution is 6.02. The Morgan fingerprint density at radius 2 is 1.62 bits per heavy atom. The Morgan fingerprint density at radius 3 is 2.12 bits per heavy atom. The first kappa shape index (κ1) is 10.6. The van der Waals surface area contributed by atoms with Gasteiger partial charge in [0.2, 0.25) is 0 Å². The smallest absolute Gasteiger partial charge is 0.140 e. The lowest BCUT2D eigenvalue weighted by Gasteiger charge is -2.20. The van der Waals surface area contributed by atoms with Gasteiger partial charge in [-0.2, -0.15) is 5.26 Å². The molecule has 0 amide bonds. The Balaban J connectivity index is 2.20. The van der Waals surface area contributed by atoms with E-state index in [0.29, 0.717) is 18.4 Å². The first-order valence-electron chi connectivity index (χ1n) is 5.22. The largest absolute Gasteiger partial charge is 0.299 e. The molecule has 0 atom stereocenters. The number of benzene rings is 1. The minimum absolute atomic E-state index is 0.00138. The maximum atomic E-state index is 11.3. The summed E-state index contributed by atoms with van der Waals surface area (Å²) in [4.78, 5) is 22.6. The van der Waals surface area contributed by atoms with Crippen LogP contribution >= 0.6 is 0 Å². The van der Waals surface area contributed by atoms with Gasteiger partial charge in [-0.3, -0.25) is 9.59 Å². The van der Waals surface area contributed by atoms with Crippen LogP contribution in [0, 0.1) is 11.3 Å². The van der Waals surface area contributed by atoms with Gasteiger partial charge in [-0.1, -0.05) is 12.1 Å². The molecule has 0 N–H and O–H groups in total. The lowest BCUT2D eigenvalue weighted by atomic mass is 9.82. The molecule has 1 aliphatic carbocycles. The zero-order chi connectivity index (χ0) is 11.5. The minimum Gasteiger partial charge on any atom is -0.299 e. The highest BCUT2D eigenvalue weighted by Crippen LogP contribution is 2.29. The Hall–Kier alpha value is -1.95. The first-order chi connectivity index (χ1) is 7.69. The number of nitrogens with zero attached hydrogens (tertiary/aromatic N) is 1. The summed E-state index contributed by atoms with van der Waals surface area (Å²) >= 11 is 0. The van der Waals surface area contributed by atoms with Crippen molar-refractivity contribution < 1.29 is 9.59 Å². The number of carbonyl (C=O) groups excluding carboxylic acids is 2. The topological polar surface area (TPSA) is 57.9 Å². The van der Waals surface area contributed by atoms with Crippen LogP contribution in [-0.4, -0.2) is 11.6 Å². The normalized spacial score (nSPS) is 17.2. The fourth-order valence-electron chi connectivity index (χ4n) is 2.05. The monoisotopic (exact) mass is 213 g/mol. The molecular formula is C13H11NO2. The molecule has 0 heterocycles. The van der Waals surface area contributed by atoms with Crippen LogP contribution in [0.2, 0.25) is 0 Å². The van der Waals surface area contributed by atoms with E-state index in [4.69, 9.17) is 5.26 Å². The first-order valence-corrected chi connectivity index (χ1v) is 5.22. The molecular weight excluding hydrogens is 202 g/mol. The standard InChI is InChI=1S/C13H11NO2/c14-8-9-1-3-10(4-2-9)11-5-12(15)7-13(16)6-11/h1-4,11H,5-7H2. The second-order valence-corrected chi connectivity index (χ2v) is 4.09. The van der Waals surface area contributed by atoms with Crippen molar-refractivity contribution >= 4 is 11.6 Å². The van der Waals surface area contributed by atoms with Crippen molar-refractivity contribution in [1.29, 1.82) is 5.26 Å². The molecule has 1 aliphatic rings. The van der Waals surface area contributed by atoms with E-state index in [1.807, 2.05) is 18.2 Å². The minimum atomic E-state index is 0.00138. The van der Waals surface area contributed by atoms with Crippen LogP contribution in [0.25, 0.3) is 0 Å². The molecule has 3 heteroatoms. The second-order valence-electron chi connectivity index (χ2n) is 4.09. The zero-order valence-electron chi connectivity index (χ0n) is 8.77. The van der Waals surface area contributed by atoms with Crippen LogP contribution in [0.5, 0.6) is 0 Å². The fraction of sp³-hybridized carbons (Fsp3) is 0.308. The molecule has 1 saturated carbocycles. The lowest BCUT2D eigenvalue weighted by Crippen LogP contribution is -2.21. The van der Waals surface area contributed by atoms with Crippen LogP contribution in [-0.2, 0) is 9.59 Å². The van der Waals surface area contributed by atoms with Gasteiger partial charge >= 0.3 is 0 Å². The molecule has 0 bridgehead atoms. The van der Waals surface area contributed by atoms with Crippen LogP contribution in [0.4, 0.5) is 0 Å². The summed E-state index contributed by atoms with van der Waals surface area (Å²) < 4.78 is 0. The Morgan fingerprint density at radius 1 is 1.06 bits per heavy atom. The molecule has 0 saturated heterocycles. The molecule has 2 rings (SSSR count). The summed E-state index contributed by atoms with van der Waals surface area (Å²) in [5, 5.41) is 8.66. The zero-order valence-corrected chi connectivity index (χ0v) is 8.77. The number of carbonyl (C=O) groups is 2. The number of rotatable bonds is 1. The van der Waals surface area contributed by atoms with E-state index in [1.165, 1.54) is 0 Å². The quantitative estimate of drug-likeness (QED) is 0.670. The molecule has 1 aromatic carbocycles. The maximum absolute atomic E-state index is 11.3. The number of nitriles is 1. The van der Waals surface area contributed by atoms with Crippen LogP contribution in [0.15, 0.2) is 24.3 Å². The average molecular weight is 213 g/mol. The van der Waals surface area contributed by atoms with E-state index in [0.717, 1.165) is 5.56 Å². The summed E-state index contributed by atoms with van der Waals surface area (Å²) in [6, 6.07) is 9.14. The van der Waals surface area contributed by atoms with Gasteiger partial charge in [-0.15, -0.1) is 0 Å². The van der Waals surface area contributed by atoms with Crippen molar-refractivity contribution in [2.75, 3.05) is 0 Å². The number of Topliss-reactive ketones (excluding diaryl/α,β-unsaturated/α-hetero) is 2. The lowest BCUT2D eigenvalue weighted by molar-refractivity contribution is -0.130. The molecule has 0 radical (unpaired) electrons. The third-order valence-corrected chi connectivity index (χ3v) is 2.85. The molecule has 1 aromatic rings. The third-order valence-electron chi connectivity index (χ3n) is 2.85. The number of hydrogen-bond acceptors (Lipinski definition) is 3. The Labute approximate surface area is 93.7 Å². The predicted molar refractivity (Wildman–Crippen MR) is 57.8 cm³/mol. The van der Waals surface area contributed by atoms with Crippen molar-refractivity contribution in [3.05, 3.63) is 35.4 Å². The van der Waals surface area contributed by atoms with Crippen molar-refractivity contribution in [3.63, 3.8) is 0 Å². The van der Waals surface area contributed by atoms with Gasteiger partial charge in [0.1, 0.15) is 11.6 Å². The fourth-order valence-corrected chi connectivity index (χ4v) is 2.05. The third kappa shape index (κ3) is 2.17. The van der Waals surface area contributed by atoms with E-state index in [1.54, 1.807) is 12.1 Å². The maximum Gasteiger partial charge on any atom is 0.140 e. The summed E-state index contributed by atoms with van der Waals surface area (Å²) in [7, 11) is 0. The predicted octanol–water partition coefficient (Wildman–Crippen LogP) is 1.96. The van der Waals surface area contributed by atoms with E-state index in [9.17, 15) is 9.59 Å². The van der Waals surface area contributed by atoms with Gasteiger partial charge in [0.05, 0.1) is 18.1 Å². The van der Waals surface area contributed by atoms with Crippen molar-refractivity contribution in [2.45, 2.75) is 25.2 Å². The molecule has 0 aliphatic heterocycles. The Kier molecular flexibility index (Phi) is 2.82. The highest BCUT2D eigenvalue weighted by Gasteiger charge is 2.26. The van der Waals surface area contributed by atoms with Crippen molar-refractivity contribution in [1.82, 2.24) is 0 Å². The molecule has 0 unspecified atom stereocenters. The average Bonchev–Trinajstić information content (AvgIpc) is 2.28. The number of ketones is 2. The van der Waals surface area contributed by atoms with Crippen molar-refractivity contribution in [2.24, 2.45) is 0 Å². The number of hydrogen-bond donors (Lipinski definition) is 0. The SMILES string of the molecule is N#Cc1ccc(C2CC(=O)CC(=O)C2)cc1. The molecule has 80 valence electrons. The highest BCUT2D eigenvalue weighted by atomic mass is 16.1. The summed E-state index contributed by atoms with van der Waals surface area (Å²) in [5.41, 5.74) is 1.57. The van der Waals surface area contributed by atoms with Crippen LogP contribution in [0.3, 0.4) is 0 Å². The summed E-state index contributed by atoms with van der Waals surface area (Å²) in [6.07, 6.45) is 0.974. The molecule has 16 heavy (non-hydrogen) atoms. The molecule has 3 nitrogen and oxygen atoms in total. The van der Waals surface area contributed by atoms with Gasteiger partial charge < -0.3 is 0 Å². The van der Waals surface area contributed by atoms with Gasteiger partial charge in [-0.25, -0.2) is 0 Å². The van der Waals surface area contributed by atoms with Gasteiger partial charge in [0, 0.05) is 12.8 Å². The summed E-state index contributed by atoms with van der Waals surface area (Å²) in [6.45, 7) is 0. The summed E-state index contributed by atoms with van der Waals surface area (Å²) in [5.74, 6) is 0.0395. The second kappa shape index (κ2) is 4.28. The van der Waals surface area contributed by atoms with E-state index in [-0.39, 0.29) is 23.9 Å². The van der Waals surface area contributed by atoms with Gasteiger partial charge in [0.25, 0.3) is 0 Å². The molecule has 0 spiro atoms. The van der Waals surface area contributed by atoms with Crippen molar-refractivity contribution in [3.8, 4) is 6.07 Å². The Bertz CT molecular complexity index is 452. The molecule has 1 fully saturated rings. The van der Waals surface area contributed by atoms with Crippen LogP contribution < -0.4 is 0 Å².